The summed E-state index contributed by atoms with van der Waals surface area (Å²) in [6.07, 6.45) is 1.06. The molecule has 0 aliphatic heterocycles. The van der Waals surface area contributed by atoms with Crippen LogP contribution in [0.1, 0.15) is 0 Å². The third-order valence-corrected chi connectivity index (χ3v) is 4.11. The summed E-state index contributed by atoms with van der Waals surface area (Å²) >= 11 is 1.39. The number of ether oxygens (including phenoxy) is 1. The van der Waals surface area contributed by atoms with Crippen LogP contribution >= 0.6 is 11.3 Å². The van der Waals surface area contributed by atoms with E-state index in [1.165, 1.54) is 11.3 Å². The summed E-state index contributed by atoms with van der Waals surface area (Å²) in [6, 6.07) is 7.52. The van der Waals surface area contributed by atoms with E-state index in [2.05, 4.69) is 14.8 Å². The van der Waals surface area contributed by atoms with E-state index < -0.39 is 10.0 Å². The second kappa shape index (κ2) is 5.01. The van der Waals surface area contributed by atoms with E-state index in [1.54, 1.807) is 11.6 Å². The first-order valence-corrected chi connectivity index (χ1v) is 8.70. The zero-order chi connectivity index (χ0) is 15.0. The number of sulfonamides is 1. The molecule has 0 spiro atoms. The Bertz CT molecular complexity index is 881. The highest BCUT2D eigenvalue weighted by Crippen LogP contribution is 2.27. The Hall–Kier alpha value is -2.13. The quantitative estimate of drug-likeness (QED) is 0.791. The van der Waals surface area contributed by atoms with E-state index >= 15 is 0 Å². The van der Waals surface area contributed by atoms with Crippen LogP contribution in [0.4, 0.5) is 5.95 Å². The van der Waals surface area contributed by atoms with Gasteiger partial charge in [-0.05, 0) is 24.3 Å². The van der Waals surface area contributed by atoms with Crippen molar-refractivity contribution < 1.29 is 13.2 Å². The molecular formula is C12H12N4O3S2. The molecule has 0 saturated heterocycles. The highest BCUT2D eigenvalue weighted by Gasteiger charge is 2.13. The van der Waals surface area contributed by atoms with Crippen molar-refractivity contribution in [1.29, 1.82) is 0 Å². The first kappa shape index (κ1) is 13.8. The Morgan fingerprint density at radius 3 is 2.62 bits per heavy atom. The SMILES string of the molecule is COc1ccc(-c2csc3nc(NS(C)(=O)=O)nn23)cc1. The van der Waals surface area contributed by atoms with Crippen molar-refractivity contribution in [2.24, 2.45) is 0 Å². The van der Waals surface area contributed by atoms with Gasteiger partial charge in [-0.25, -0.2) is 12.9 Å². The fourth-order valence-electron chi connectivity index (χ4n) is 1.85. The molecule has 1 N–H and O–H groups in total. The fraction of sp³-hybridized carbons (Fsp3) is 0.167. The number of rotatable bonds is 4. The second-order valence-corrected chi connectivity index (χ2v) is 6.94. The molecule has 21 heavy (non-hydrogen) atoms. The molecule has 7 nitrogen and oxygen atoms in total. The Morgan fingerprint density at radius 2 is 2.00 bits per heavy atom. The van der Waals surface area contributed by atoms with Crippen molar-refractivity contribution in [1.82, 2.24) is 14.6 Å². The number of hydrogen-bond donors (Lipinski definition) is 1. The average Bonchev–Trinajstić information content (AvgIpc) is 2.96. The van der Waals surface area contributed by atoms with Gasteiger partial charge in [-0.2, -0.15) is 4.98 Å². The molecule has 0 bridgehead atoms. The Morgan fingerprint density at radius 1 is 1.29 bits per heavy atom. The lowest BCUT2D eigenvalue weighted by Crippen LogP contribution is -2.10. The van der Waals surface area contributed by atoms with Crippen LogP contribution in [0.5, 0.6) is 5.75 Å². The highest BCUT2D eigenvalue weighted by atomic mass is 32.2. The van der Waals surface area contributed by atoms with E-state index in [1.807, 2.05) is 29.6 Å². The van der Waals surface area contributed by atoms with Crippen LogP contribution in [-0.2, 0) is 10.0 Å². The summed E-state index contributed by atoms with van der Waals surface area (Å²) in [7, 11) is -1.78. The highest BCUT2D eigenvalue weighted by molar-refractivity contribution is 7.91. The van der Waals surface area contributed by atoms with E-state index in [-0.39, 0.29) is 5.95 Å². The van der Waals surface area contributed by atoms with Crippen molar-refractivity contribution in [2.75, 3.05) is 18.1 Å². The minimum atomic E-state index is -3.39. The topological polar surface area (TPSA) is 85.6 Å². The number of nitrogens with zero attached hydrogens (tertiary/aromatic N) is 3. The fourth-order valence-corrected chi connectivity index (χ4v) is 3.10. The monoisotopic (exact) mass is 324 g/mol. The molecule has 0 aliphatic carbocycles. The summed E-state index contributed by atoms with van der Waals surface area (Å²) in [6.45, 7) is 0. The molecule has 0 aliphatic rings. The maximum atomic E-state index is 11.2. The number of benzene rings is 1. The van der Waals surface area contributed by atoms with Gasteiger partial charge in [-0.15, -0.1) is 16.4 Å². The summed E-state index contributed by atoms with van der Waals surface area (Å²) in [5.74, 6) is 0.836. The van der Waals surface area contributed by atoms with Crippen LogP contribution in [-0.4, -0.2) is 36.4 Å². The average molecular weight is 324 g/mol. The maximum Gasteiger partial charge on any atom is 0.257 e. The van der Waals surface area contributed by atoms with Crippen LogP contribution in [0, 0.1) is 0 Å². The molecule has 3 aromatic rings. The van der Waals surface area contributed by atoms with Crippen molar-refractivity contribution in [3.63, 3.8) is 0 Å². The molecule has 9 heteroatoms. The van der Waals surface area contributed by atoms with Gasteiger partial charge in [0.25, 0.3) is 5.95 Å². The van der Waals surface area contributed by atoms with E-state index in [9.17, 15) is 8.42 Å². The van der Waals surface area contributed by atoms with Crippen LogP contribution in [0.15, 0.2) is 29.6 Å². The van der Waals surface area contributed by atoms with Gasteiger partial charge < -0.3 is 4.74 Å². The van der Waals surface area contributed by atoms with Crippen LogP contribution in [0.25, 0.3) is 16.2 Å². The summed E-state index contributed by atoms with van der Waals surface area (Å²) in [5.41, 5.74) is 1.78. The molecule has 0 amide bonds. The predicted octanol–water partition coefficient (Wildman–Crippen LogP) is 1.84. The molecule has 0 saturated carbocycles. The first-order chi connectivity index (χ1) is 9.96. The van der Waals surface area contributed by atoms with Gasteiger partial charge in [0.05, 0.1) is 19.1 Å². The zero-order valence-corrected chi connectivity index (χ0v) is 12.9. The zero-order valence-electron chi connectivity index (χ0n) is 11.3. The lowest BCUT2D eigenvalue weighted by atomic mass is 10.2. The van der Waals surface area contributed by atoms with Gasteiger partial charge in [0.2, 0.25) is 15.0 Å². The molecule has 0 atom stereocenters. The van der Waals surface area contributed by atoms with Gasteiger partial charge in [-0.3, -0.25) is 4.72 Å². The van der Waals surface area contributed by atoms with Gasteiger partial charge in [0, 0.05) is 10.9 Å². The van der Waals surface area contributed by atoms with E-state index in [0.717, 1.165) is 23.3 Å². The van der Waals surface area contributed by atoms with Crippen molar-refractivity contribution >= 4 is 32.3 Å². The predicted molar refractivity (Wildman–Crippen MR) is 81.3 cm³/mol. The minimum Gasteiger partial charge on any atom is -0.497 e. The normalized spacial score (nSPS) is 11.7. The summed E-state index contributed by atoms with van der Waals surface area (Å²) < 4.78 is 31.4. The van der Waals surface area contributed by atoms with Gasteiger partial charge in [0.1, 0.15) is 5.75 Å². The standard InChI is InChI=1S/C12H12N4O3S2/c1-19-9-5-3-8(4-6-9)10-7-20-12-13-11(14-16(10)12)15-21(2,17)18/h3-7H,1-2H3,(H,14,15). The van der Waals surface area contributed by atoms with Gasteiger partial charge in [-0.1, -0.05) is 0 Å². The molecular weight excluding hydrogens is 312 g/mol. The minimum absolute atomic E-state index is 0.0686. The third-order valence-electron chi connectivity index (χ3n) is 2.74. The number of methoxy groups -OCH3 is 1. The second-order valence-electron chi connectivity index (χ2n) is 4.35. The molecule has 0 unspecified atom stereocenters. The summed E-state index contributed by atoms with van der Waals surface area (Å²) in [5, 5.41) is 6.09. The van der Waals surface area contributed by atoms with Crippen molar-refractivity contribution in [3.8, 4) is 17.0 Å². The molecule has 1 aromatic carbocycles. The molecule has 110 valence electrons. The van der Waals surface area contributed by atoms with Gasteiger partial charge in [0.15, 0.2) is 0 Å². The number of anilines is 1. The lowest BCUT2D eigenvalue weighted by Gasteiger charge is -2.02. The van der Waals surface area contributed by atoms with E-state index in [0.29, 0.717) is 4.96 Å². The number of hydrogen-bond acceptors (Lipinski definition) is 6. The molecule has 3 rings (SSSR count). The third kappa shape index (κ3) is 2.83. The van der Waals surface area contributed by atoms with Crippen LogP contribution in [0.3, 0.4) is 0 Å². The molecule has 2 heterocycles. The number of nitrogens with one attached hydrogen (secondary N) is 1. The molecule has 2 aromatic heterocycles. The van der Waals surface area contributed by atoms with Crippen molar-refractivity contribution in [2.45, 2.75) is 0 Å². The summed E-state index contributed by atoms with van der Waals surface area (Å²) in [4.78, 5) is 4.75. The Kier molecular flexibility index (Phi) is 3.30. The number of aromatic nitrogens is 3. The first-order valence-electron chi connectivity index (χ1n) is 5.93. The number of thiazole rings is 1. The Labute approximate surface area is 125 Å². The van der Waals surface area contributed by atoms with E-state index in [4.69, 9.17) is 4.74 Å². The van der Waals surface area contributed by atoms with Crippen LogP contribution < -0.4 is 9.46 Å². The van der Waals surface area contributed by atoms with Crippen LogP contribution in [0.2, 0.25) is 0 Å². The van der Waals surface area contributed by atoms with Gasteiger partial charge >= 0.3 is 0 Å². The van der Waals surface area contributed by atoms with Crippen molar-refractivity contribution in [3.05, 3.63) is 29.6 Å². The lowest BCUT2D eigenvalue weighted by molar-refractivity contribution is 0.415. The molecule has 0 radical (unpaired) electrons. The molecule has 0 fully saturated rings. The largest absolute Gasteiger partial charge is 0.497 e. The Balaban J connectivity index is 2.02. The number of fused-ring (bicyclic) bond motifs is 1. The smallest absolute Gasteiger partial charge is 0.257 e. The maximum absolute atomic E-state index is 11.2.